The van der Waals surface area contributed by atoms with Crippen molar-refractivity contribution in [1.82, 2.24) is 9.80 Å². The number of nitrogens with zero attached hydrogens (tertiary/aromatic N) is 2. The first kappa shape index (κ1) is 11.9. The zero-order chi connectivity index (χ0) is 11.5. The number of hydrogen-bond donors (Lipinski definition) is 0. The summed E-state index contributed by atoms with van der Waals surface area (Å²) in [7, 11) is 0. The molecule has 1 atom stereocenters. The van der Waals surface area contributed by atoms with Crippen LogP contribution >= 0.6 is 0 Å². The van der Waals surface area contributed by atoms with Crippen molar-refractivity contribution in [2.45, 2.75) is 26.3 Å². The van der Waals surface area contributed by atoms with Gasteiger partial charge in [-0.3, -0.25) is 9.69 Å². The van der Waals surface area contributed by atoms with Crippen LogP contribution in [0.5, 0.6) is 0 Å². The van der Waals surface area contributed by atoms with Crippen molar-refractivity contribution >= 4 is 5.91 Å². The molecule has 0 N–H and O–H groups in total. The molecule has 1 amide bonds. The normalized spacial score (nSPS) is 25.2. The highest BCUT2D eigenvalue weighted by Gasteiger charge is 2.30. The summed E-state index contributed by atoms with van der Waals surface area (Å²) < 4.78 is 5.20. The third kappa shape index (κ3) is 2.38. The Balaban J connectivity index is 1.77. The van der Waals surface area contributed by atoms with Gasteiger partial charge in [-0.2, -0.15) is 0 Å². The Morgan fingerprint density at radius 2 is 1.94 bits per heavy atom. The lowest BCUT2D eigenvalue weighted by atomic mass is 10.1. The van der Waals surface area contributed by atoms with Gasteiger partial charge in [-0.05, 0) is 6.42 Å². The monoisotopic (exact) mass is 226 g/mol. The van der Waals surface area contributed by atoms with Gasteiger partial charge >= 0.3 is 0 Å². The number of hydrogen-bond acceptors (Lipinski definition) is 3. The molecule has 0 aliphatic carbocycles. The fourth-order valence-electron chi connectivity index (χ4n) is 2.23. The van der Waals surface area contributed by atoms with Crippen LogP contribution in [0.25, 0.3) is 0 Å². The first-order valence-electron chi connectivity index (χ1n) is 6.33. The van der Waals surface area contributed by atoms with E-state index in [1.165, 1.54) is 0 Å². The average Bonchev–Trinajstić information content (AvgIpc) is 2.26. The van der Waals surface area contributed by atoms with Gasteiger partial charge in [0.2, 0.25) is 5.91 Å². The van der Waals surface area contributed by atoms with Gasteiger partial charge in [-0.25, -0.2) is 0 Å². The molecule has 2 fully saturated rings. The summed E-state index contributed by atoms with van der Waals surface area (Å²) in [6, 6.07) is 0.612. The summed E-state index contributed by atoms with van der Waals surface area (Å²) in [5.74, 6) is 0.505. The van der Waals surface area contributed by atoms with Gasteiger partial charge in [-0.1, -0.05) is 13.8 Å². The molecule has 92 valence electrons. The van der Waals surface area contributed by atoms with E-state index >= 15 is 0 Å². The van der Waals surface area contributed by atoms with Crippen molar-refractivity contribution in [2.24, 2.45) is 5.92 Å². The quantitative estimate of drug-likeness (QED) is 0.705. The third-order valence-electron chi connectivity index (χ3n) is 3.80. The van der Waals surface area contributed by atoms with Crippen LogP contribution in [-0.2, 0) is 9.53 Å². The van der Waals surface area contributed by atoms with E-state index in [9.17, 15) is 4.79 Å². The summed E-state index contributed by atoms with van der Waals surface area (Å²) >= 11 is 0. The third-order valence-corrected chi connectivity index (χ3v) is 3.80. The smallest absolute Gasteiger partial charge is 0.225 e. The number of rotatable bonds is 3. The molecular weight excluding hydrogens is 204 g/mol. The molecule has 0 aromatic heterocycles. The molecule has 0 aromatic rings. The molecule has 2 saturated heterocycles. The minimum atomic E-state index is 0.179. The standard InChI is InChI=1S/C12H22N2O2/c1-3-10(2)12(15)14-6-4-13(5-7-14)11-8-16-9-11/h10-11H,3-9H2,1-2H3. The Bertz CT molecular complexity index is 245. The van der Waals surface area contributed by atoms with Crippen LogP contribution in [0, 0.1) is 5.92 Å². The molecular formula is C12H22N2O2. The van der Waals surface area contributed by atoms with E-state index in [-0.39, 0.29) is 5.92 Å². The highest BCUT2D eigenvalue weighted by molar-refractivity contribution is 5.78. The fourth-order valence-corrected chi connectivity index (χ4v) is 2.23. The van der Waals surface area contributed by atoms with Crippen molar-refractivity contribution in [3.05, 3.63) is 0 Å². The van der Waals surface area contributed by atoms with Crippen LogP contribution in [0.4, 0.5) is 0 Å². The summed E-state index contributed by atoms with van der Waals surface area (Å²) in [5, 5.41) is 0. The van der Waals surface area contributed by atoms with Gasteiger partial charge in [-0.15, -0.1) is 0 Å². The maximum atomic E-state index is 12.0. The lowest BCUT2D eigenvalue weighted by molar-refractivity contribution is -0.139. The van der Waals surface area contributed by atoms with Gasteiger partial charge < -0.3 is 9.64 Å². The number of ether oxygens (including phenoxy) is 1. The second-order valence-electron chi connectivity index (χ2n) is 4.86. The molecule has 4 heteroatoms. The lowest BCUT2D eigenvalue weighted by Gasteiger charge is -2.43. The second-order valence-corrected chi connectivity index (χ2v) is 4.86. The Morgan fingerprint density at radius 3 is 2.38 bits per heavy atom. The molecule has 0 aromatic carbocycles. The van der Waals surface area contributed by atoms with Gasteiger partial charge in [0.25, 0.3) is 0 Å². The maximum absolute atomic E-state index is 12.0. The Hall–Kier alpha value is -0.610. The summed E-state index contributed by atoms with van der Waals surface area (Å²) in [6.07, 6.45) is 0.940. The van der Waals surface area contributed by atoms with Crippen molar-refractivity contribution in [3.8, 4) is 0 Å². The molecule has 2 rings (SSSR count). The predicted molar refractivity (Wildman–Crippen MR) is 62.2 cm³/mol. The molecule has 0 spiro atoms. The number of carbonyl (C=O) groups excluding carboxylic acids is 1. The molecule has 4 nitrogen and oxygen atoms in total. The minimum Gasteiger partial charge on any atom is -0.378 e. The topological polar surface area (TPSA) is 32.8 Å². The number of amides is 1. The largest absolute Gasteiger partial charge is 0.378 e. The van der Waals surface area contributed by atoms with Crippen molar-refractivity contribution in [2.75, 3.05) is 39.4 Å². The molecule has 0 radical (unpaired) electrons. The van der Waals surface area contributed by atoms with E-state index in [1.54, 1.807) is 0 Å². The van der Waals surface area contributed by atoms with Gasteiger partial charge in [0.15, 0.2) is 0 Å². The molecule has 2 aliphatic rings. The number of carbonyl (C=O) groups is 1. The maximum Gasteiger partial charge on any atom is 0.225 e. The SMILES string of the molecule is CCC(C)C(=O)N1CCN(C2COC2)CC1. The van der Waals surface area contributed by atoms with Crippen LogP contribution in [0.1, 0.15) is 20.3 Å². The second kappa shape index (κ2) is 5.15. The zero-order valence-electron chi connectivity index (χ0n) is 10.3. The highest BCUT2D eigenvalue weighted by Crippen LogP contribution is 2.15. The van der Waals surface area contributed by atoms with E-state index in [4.69, 9.17) is 4.74 Å². The fraction of sp³-hybridized carbons (Fsp3) is 0.917. The van der Waals surface area contributed by atoms with Crippen LogP contribution < -0.4 is 0 Å². The number of piperazine rings is 1. The van der Waals surface area contributed by atoms with Crippen molar-refractivity contribution in [1.29, 1.82) is 0 Å². The van der Waals surface area contributed by atoms with E-state index in [2.05, 4.69) is 11.8 Å². The van der Waals surface area contributed by atoms with Gasteiger partial charge in [0, 0.05) is 32.1 Å². The molecule has 0 bridgehead atoms. The Labute approximate surface area is 97.5 Å². The summed E-state index contributed by atoms with van der Waals surface area (Å²) in [5.41, 5.74) is 0. The zero-order valence-corrected chi connectivity index (χ0v) is 10.3. The van der Waals surface area contributed by atoms with Crippen LogP contribution in [0.3, 0.4) is 0 Å². The molecule has 0 saturated carbocycles. The molecule has 1 unspecified atom stereocenters. The van der Waals surface area contributed by atoms with Gasteiger partial charge in [0.1, 0.15) is 0 Å². The Kier molecular flexibility index (Phi) is 3.82. The first-order valence-corrected chi connectivity index (χ1v) is 6.33. The highest BCUT2D eigenvalue weighted by atomic mass is 16.5. The van der Waals surface area contributed by atoms with Crippen molar-refractivity contribution in [3.63, 3.8) is 0 Å². The van der Waals surface area contributed by atoms with E-state index in [1.807, 2.05) is 11.8 Å². The minimum absolute atomic E-state index is 0.179. The molecule has 16 heavy (non-hydrogen) atoms. The molecule has 2 aliphatic heterocycles. The van der Waals surface area contributed by atoms with Gasteiger partial charge in [0.05, 0.1) is 19.3 Å². The van der Waals surface area contributed by atoms with E-state index in [0.29, 0.717) is 11.9 Å². The van der Waals surface area contributed by atoms with Crippen molar-refractivity contribution < 1.29 is 9.53 Å². The molecule has 2 heterocycles. The van der Waals surface area contributed by atoms with E-state index in [0.717, 1.165) is 45.8 Å². The lowest BCUT2D eigenvalue weighted by Crippen LogP contribution is -2.57. The summed E-state index contributed by atoms with van der Waals surface area (Å²) in [4.78, 5) is 16.4. The summed E-state index contributed by atoms with van der Waals surface area (Å²) in [6.45, 7) is 9.64. The van der Waals surface area contributed by atoms with Crippen LogP contribution in [0.15, 0.2) is 0 Å². The Morgan fingerprint density at radius 1 is 1.31 bits per heavy atom. The average molecular weight is 226 g/mol. The van der Waals surface area contributed by atoms with Crippen LogP contribution in [0.2, 0.25) is 0 Å². The first-order chi connectivity index (χ1) is 7.72. The van der Waals surface area contributed by atoms with Crippen LogP contribution in [-0.4, -0.2) is 61.1 Å². The predicted octanol–water partition coefficient (Wildman–Crippen LogP) is 0.575. The van der Waals surface area contributed by atoms with E-state index < -0.39 is 0 Å².